The van der Waals surface area contributed by atoms with E-state index in [1.807, 2.05) is 72.8 Å². The zero-order valence-corrected chi connectivity index (χ0v) is 25.6. The molecule has 6 nitrogen and oxygen atoms in total. The SMILES string of the molecule is CCOC(=O)C1=C(C)N(Cc2cccc(C(=O)NC(Cc3ccccc3)c3ccccc3)c2)C(=O)CC1c1cccc(Cl)c1. The van der Waals surface area contributed by atoms with Crippen LogP contribution < -0.4 is 5.32 Å². The van der Waals surface area contributed by atoms with Gasteiger partial charge in [-0.1, -0.05) is 96.5 Å². The number of ether oxygens (including phenoxy) is 1. The van der Waals surface area contributed by atoms with Gasteiger partial charge in [0.15, 0.2) is 0 Å². The Morgan fingerprint density at radius 2 is 1.59 bits per heavy atom. The van der Waals surface area contributed by atoms with E-state index in [1.165, 1.54) is 0 Å². The van der Waals surface area contributed by atoms with E-state index < -0.39 is 11.9 Å². The van der Waals surface area contributed by atoms with Gasteiger partial charge in [0, 0.05) is 28.6 Å². The number of nitrogens with zero attached hydrogens (tertiary/aromatic N) is 1. The lowest BCUT2D eigenvalue weighted by Gasteiger charge is -2.34. The average molecular weight is 607 g/mol. The fraction of sp³-hybridized carbons (Fsp3) is 0.216. The minimum absolute atomic E-state index is 0.101. The zero-order valence-electron chi connectivity index (χ0n) is 24.8. The van der Waals surface area contributed by atoms with Crippen LogP contribution in [0.2, 0.25) is 5.02 Å². The first-order chi connectivity index (χ1) is 21.3. The van der Waals surface area contributed by atoms with E-state index in [9.17, 15) is 14.4 Å². The molecule has 0 spiro atoms. The summed E-state index contributed by atoms with van der Waals surface area (Å²) < 4.78 is 5.41. The summed E-state index contributed by atoms with van der Waals surface area (Å²) in [5, 5.41) is 3.74. The monoisotopic (exact) mass is 606 g/mol. The van der Waals surface area contributed by atoms with Crippen molar-refractivity contribution in [2.24, 2.45) is 0 Å². The van der Waals surface area contributed by atoms with Crippen LogP contribution in [0.4, 0.5) is 0 Å². The summed E-state index contributed by atoms with van der Waals surface area (Å²) in [7, 11) is 0. The van der Waals surface area contributed by atoms with Gasteiger partial charge in [-0.25, -0.2) is 4.79 Å². The molecule has 1 N–H and O–H groups in total. The Morgan fingerprint density at radius 1 is 0.909 bits per heavy atom. The van der Waals surface area contributed by atoms with Gasteiger partial charge in [0.05, 0.1) is 24.8 Å². The normalized spacial score (nSPS) is 15.6. The summed E-state index contributed by atoms with van der Waals surface area (Å²) >= 11 is 6.25. The van der Waals surface area contributed by atoms with Crippen molar-refractivity contribution < 1.29 is 19.1 Å². The predicted molar refractivity (Wildman–Crippen MR) is 172 cm³/mol. The number of halogens is 1. The lowest BCUT2D eigenvalue weighted by Crippen LogP contribution is -2.38. The third-order valence-corrected chi connectivity index (χ3v) is 8.12. The highest BCUT2D eigenvalue weighted by Crippen LogP contribution is 2.38. The van der Waals surface area contributed by atoms with Crippen LogP contribution in [-0.4, -0.2) is 29.3 Å². The van der Waals surface area contributed by atoms with Gasteiger partial charge in [-0.15, -0.1) is 0 Å². The van der Waals surface area contributed by atoms with Gasteiger partial charge in [0.1, 0.15) is 0 Å². The molecule has 0 bridgehead atoms. The van der Waals surface area contributed by atoms with E-state index in [-0.39, 0.29) is 37.4 Å². The van der Waals surface area contributed by atoms with Crippen LogP contribution in [0.25, 0.3) is 0 Å². The maximum absolute atomic E-state index is 13.6. The van der Waals surface area contributed by atoms with Crippen molar-refractivity contribution in [1.82, 2.24) is 10.2 Å². The quantitative estimate of drug-likeness (QED) is 0.191. The Morgan fingerprint density at radius 3 is 2.30 bits per heavy atom. The number of carbonyl (C=O) groups is 3. The van der Waals surface area contributed by atoms with Crippen molar-refractivity contribution in [3.05, 3.63) is 153 Å². The second-order valence-electron chi connectivity index (χ2n) is 10.8. The first kappa shape index (κ1) is 30.8. The van der Waals surface area contributed by atoms with Gasteiger partial charge < -0.3 is 15.0 Å². The molecule has 1 aliphatic heterocycles. The van der Waals surface area contributed by atoms with E-state index in [4.69, 9.17) is 16.3 Å². The second-order valence-corrected chi connectivity index (χ2v) is 11.3. The van der Waals surface area contributed by atoms with Gasteiger partial charge in [-0.3, -0.25) is 9.59 Å². The molecule has 1 aliphatic rings. The smallest absolute Gasteiger partial charge is 0.336 e. The molecule has 4 aromatic carbocycles. The Balaban J connectivity index is 1.39. The molecule has 0 aromatic heterocycles. The van der Waals surface area contributed by atoms with Crippen LogP contribution in [0.5, 0.6) is 0 Å². The van der Waals surface area contributed by atoms with Crippen LogP contribution in [0.1, 0.15) is 64.8 Å². The number of esters is 1. The minimum Gasteiger partial charge on any atom is -0.463 e. The van der Waals surface area contributed by atoms with Crippen LogP contribution in [-0.2, 0) is 27.3 Å². The first-order valence-electron chi connectivity index (χ1n) is 14.8. The fourth-order valence-corrected chi connectivity index (χ4v) is 5.91. The molecule has 0 aliphatic carbocycles. The highest BCUT2D eigenvalue weighted by molar-refractivity contribution is 6.30. The number of nitrogens with one attached hydrogen (secondary N) is 1. The Kier molecular flexibility index (Phi) is 9.93. The molecule has 2 amide bonds. The molecule has 0 saturated carbocycles. The molecule has 4 aromatic rings. The molecule has 1 heterocycles. The molecule has 44 heavy (non-hydrogen) atoms. The van der Waals surface area contributed by atoms with E-state index in [1.54, 1.807) is 43.0 Å². The number of rotatable bonds is 10. The summed E-state index contributed by atoms with van der Waals surface area (Å²) in [6, 6.07) is 34.2. The van der Waals surface area contributed by atoms with Crippen LogP contribution in [0.3, 0.4) is 0 Å². The van der Waals surface area contributed by atoms with Gasteiger partial charge in [-0.2, -0.15) is 0 Å². The first-order valence-corrected chi connectivity index (χ1v) is 15.1. The summed E-state index contributed by atoms with van der Waals surface area (Å²) in [6.07, 6.45) is 0.747. The van der Waals surface area contributed by atoms with Crippen molar-refractivity contribution in [3.8, 4) is 0 Å². The van der Waals surface area contributed by atoms with Gasteiger partial charge in [0.25, 0.3) is 5.91 Å². The molecular weight excluding hydrogens is 572 g/mol. The van der Waals surface area contributed by atoms with Gasteiger partial charge in [-0.05, 0) is 66.8 Å². The third kappa shape index (κ3) is 7.26. The van der Waals surface area contributed by atoms with Crippen molar-refractivity contribution in [3.63, 3.8) is 0 Å². The Hall–Kier alpha value is -4.68. The summed E-state index contributed by atoms with van der Waals surface area (Å²) in [5.41, 5.74) is 5.16. The zero-order chi connectivity index (χ0) is 31.1. The molecule has 0 radical (unpaired) electrons. The number of hydrogen-bond acceptors (Lipinski definition) is 4. The van der Waals surface area contributed by atoms with Crippen molar-refractivity contribution in [2.45, 2.75) is 45.2 Å². The highest BCUT2D eigenvalue weighted by Gasteiger charge is 2.37. The van der Waals surface area contributed by atoms with E-state index in [2.05, 4.69) is 17.4 Å². The van der Waals surface area contributed by atoms with Crippen molar-refractivity contribution in [2.75, 3.05) is 6.61 Å². The lowest BCUT2D eigenvalue weighted by molar-refractivity contribution is -0.140. The lowest BCUT2D eigenvalue weighted by atomic mass is 9.83. The second kappa shape index (κ2) is 14.2. The molecule has 5 rings (SSSR count). The van der Waals surface area contributed by atoms with Crippen molar-refractivity contribution >= 4 is 29.4 Å². The van der Waals surface area contributed by atoms with Gasteiger partial charge in [0.2, 0.25) is 5.91 Å². The molecule has 0 fully saturated rings. The van der Waals surface area contributed by atoms with Crippen LogP contribution in [0, 0.1) is 0 Å². The summed E-state index contributed by atoms with van der Waals surface area (Å²) in [4.78, 5) is 41.9. The summed E-state index contributed by atoms with van der Waals surface area (Å²) in [6.45, 7) is 3.96. The average Bonchev–Trinajstić information content (AvgIpc) is 3.03. The number of hydrogen-bond donors (Lipinski definition) is 1. The largest absolute Gasteiger partial charge is 0.463 e. The van der Waals surface area contributed by atoms with Crippen molar-refractivity contribution in [1.29, 1.82) is 0 Å². The molecule has 7 heteroatoms. The Bertz CT molecular complexity index is 1670. The number of carbonyl (C=O) groups excluding carboxylic acids is 3. The molecular formula is C37H35ClN2O4. The third-order valence-electron chi connectivity index (χ3n) is 7.89. The topological polar surface area (TPSA) is 75.7 Å². The standard InChI is InChI=1S/C37H35ClN2O4/c1-3-44-37(43)35-25(2)40(34(41)23-32(35)29-17-11-19-31(38)22-29)24-27-14-10-18-30(20-27)36(42)39-33(28-15-8-5-9-16-28)21-26-12-6-4-7-13-26/h4-20,22,32-33H,3,21,23-24H2,1-2H3,(H,39,42). The number of amides is 2. The van der Waals surface area contributed by atoms with Crippen LogP contribution >= 0.6 is 11.6 Å². The summed E-state index contributed by atoms with van der Waals surface area (Å²) in [5.74, 6) is -1.25. The maximum atomic E-state index is 13.6. The highest BCUT2D eigenvalue weighted by atomic mass is 35.5. The van der Waals surface area contributed by atoms with Crippen LogP contribution in [0.15, 0.2) is 120 Å². The number of benzene rings is 4. The van der Waals surface area contributed by atoms with E-state index in [0.29, 0.717) is 28.3 Å². The molecule has 0 saturated heterocycles. The van der Waals surface area contributed by atoms with E-state index in [0.717, 1.165) is 22.3 Å². The fourth-order valence-electron chi connectivity index (χ4n) is 5.71. The van der Waals surface area contributed by atoms with Gasteiger partial charge >= 0.3 is 5.97 Å². The molecule has 2 unspecified atom stereocenters. The minimum atomic E-state index is -0.465. The number of allylic oxidation sites excluding steroid dienone is 1. The predicted octanol–water partition coefficient (Wildman–Crippen LogP) is 7.41. The Labute approximate surface area is 263 Å². The molecule has 224 valence electrons. The maximum Gasteiger partial charge on any atom is 0.336 e. The van der Waals surface area contributed by atoms with E-state index >= 15 is 0 Å². The molecule has 2 atom stereocenters.